The number of para-hydroxylation sites is 1. The fourth-order valence-corrected chi connectivity index (χ4v) is 5.00. The molecule has 0 aliphatic carbocycles. The van der Waals surface area contributed by atoms with E-state index in [0.29, 0.717) is 38.2 Å². The molecule has 1 aromatic heterocycles. The van der Waals surface area contributed by atoms with E-state index in [0.717, 1.165) is 27.6 Å². The number of rotatable bonds is 9. The van der Waals surface area contributed by atoms with Gasteiger partial charge in [-0.3, -0.25) is 14.4 Å². The molecule has 0 saturated heterocycles. The second-order valence-corrected chi connectivity index (χ2v) is 9.31. The average molecular weight is 480 g/mol. The predicted octanol–water partition coefficient (Wildman–Crippen LogP) is 4.79. The summed E-state index contributed by atoms with van der Waals surface area (Å²) in [6.45, 7) is 3.60. The molecule has 182 valence electrons. The third kappa shape index (κ3) is 4.80. The van der Waals surface area contributed by atoms with Gasteiger partial charge in [0.25, 0.3) is 5.91 Å². The van der Waals surface area contributed by atoms with Gasteiger partial charge in [-0.2, -0.15) is 0 Å². The molecule has 0 radical (unpaired) electrons. The summed E-state index contributed by atoms with van der Waals surface area (Å²) in [7, 11) is 0. The lowest BCUT2D eigenvalue weighted by molar-refractivity contribution is -0.121. The highest BCUT2D eigenvalue weighted by molar-refractivity contribution is 6.07. The summed E-state index contributed by atoms with van der Waals surface area (Å²) in [5, 5.41) is 3.99. The highest BCUT2D eigenvalue weighted by Gasteiger charge is 2.29. The zero-order valence-corrected chi connectivity index (χ0v) is 20.3. The lowest BCUT2D eigenvalue weighted by atomic mass is 9.98. The number of ketones is 1. The summed E-state index contributed by atoms with van der Waals surface area (Å²) in [6, 6.07) is 25.5. The predicted molar refractivity (Wildman–Crippen MR) is 140 cm³/mol. The molecular weight excluding hydrogens is 450 g/mol. The Morgan fingerprint density at radius 3 is 2.44 bits per heavy atom. The van der Waals surface area contributed by atoms with Crippen LogP contribution in [0.15, 0.2) is 85.1 Å². The summed E-state index contributed by atoms with van der Waals surface area (Å²) in [6.07, 6.45) is 2.13. The summed E-state index contributed by atoms with van der Waals surface area (Å²) >= 11 is 0. The number of benzene rings is 3. The third-order valence-corrected chi connectivity index (χ3v) is 6.90. The van der Waals surface area contributed by atoms with Gasteiger partial charge in [-0.1, -0.05) is 66.7 Å². The Morgan fingerprint density at radius 1 is 0.944 bits per heavy atom. The van der Waals surface area contributed by atoms with Crippen LogP contribution in [0.3, 0.4) is 0 Å². The lowest BCUT2D eigenvalue weighted by Gasteiger charge is -2.24. The fourth-order valence-electron chi connectivity index (χ4n) is 5.00. The Labute approximate surface area is 210 Å². The van der Waals surface area contributed by atoms with E-state index in [2.05, 4.69) is 5.32 Å². The minimum atomic E-state index is -0.0610. The van der Waals surface area contributed by atoms with Crippen LogP contribution in [0.2, 0.25) is 0 Å². The Kier molecular flexibility index (Phi) is 6.67. The molecule has 2 amide bonds. The van der Waals surface area contributed by atoms with Gasteiger partial charge >= 0.3 is 0 Å². The summed E-state index contributed by atoms with van der Waals surface area (Å²) in [4.78, 5) is 39.7. The maximum absolute atomic E-state index is 12.9. The first-order valence-corrected chi connectivity index (χ1v) is 12.3. The molecule has 0 bridgehead atoms. The zero-order chi connectivity index (χ0) is 25.1. The van der Waals surface area contributed by atoms with E-state index in [4.69, 9.17) is 0 Å². The van der Waals surface area contributed by atoms with Crippen molar-refractivity contribution < 1.29 is 14.4 Å². The van der Waals surface area contributed by atoms with Gasteiger partial charge < -0.3 is 14.8 Å². The normalized spacial score (nSPS) is 13.6. The maximum Gasteiger partial charge on any atom is 0.254 e. The molecule has 1 N–H and O–H groups in total. The van der Waals surface area contributed by atoms with E-state index >= 15 is 0 Å². The first kappa shape index (κ1) is 23.5. The van der Waals surface area contributed by atoms with Crippen molar-refractivity contribution in [1.29, 1.82) is 0 Å². The molecule has 1 unspecified atom stereocenters. The number of hydrogen-bond donors (Lipinski definition) is 1. The van der Waals surface area contributed by atoms with E-state index in [1.54, 1.807) is 6.92 Å². The number of carbonyl (C=O) groups excluding carboxylic acids is 3. The average Bonchev–Trinajstić information content (AvgIpc) is 3.43. The molecule has 1 aliphatic rings. The number of nitrogens with one attached hydrogen (secondary N) is 1. The van der Waals surface area contributed by atoms with Crippen LogP contribution in [0.1, 0.15) is 51.1 Å². The van der Waals surface area contributed by atoms with Crippen molar-refractivity contribution in [1.82, 2.24) is 14.8 Å². The summed E-state index contributed by atoms with van der Waals surface area (Å²) in [5.41, 5.74) is 4.51. The van der Waals surface area contributed by atoms with Crippen LogP contribution in [-0.2, 0) is 17.9 Å². The number of nitrogens with zero attached hydrogens (tertiary/aromatic N) is 2. The second kappa shape index (κ2) is 10.2. The van der Waals surface area contributed by atoms with Crippen LogP contribution < -0.4 is 5.32 Å². The Bertz CT molecular complexity index is 1420. The van der Waals surface area contributed by atoms with Crippen molar-refractivity contribution >= 4 is 28.5 Å². The zero-order valence-electron chi connectivity index (χ0n) is 20.3. The SMILES string of the molecule is CC(=O)c1cn(CCC(=O)NCC(CN2Cc3ccccc3C2=O)c2ccccc2)c2ccccc12. The van der Waals surface area contributed by atoms with Gasteiger partial charge in [0.15, 0.2) is 5.78 Å². The highest BCUT2D eigenvalue weighted by atomic mass is 16.2. The molecule has 6 nitrogen and oxygen atoms in total. The van der Waals surface area contributed by atoms with Gasteiger partial charge in [0.1, 0.15) is 0 Å². The number of fused-ring (bicyclic) bond motifs is 2. The van der Waals surface area contributed by atoms with Gasteiger partial charge in [-0.25, -0.2) is 0 Å². The number of carbonyl (C=O) groups is 3. The Morgan fingerprint density at radius 2 is 1.67 bits per heavy atom. The van der Waals surface area contributed by atoms with Crippen LogP contribution in [0.25, 0.3) is 10.9 Å². The molecule has 0 spiro atoms. The van der Waals surface area contributed by atoms with Crippen molar-refractivity contribution in [3.8, 4) is 0 Å². The number of aromatic nitrogens is 1. The van der Waals surface area contributed by atoms with E-state index in [1.165, 1.54) is 0 Å². The molecular formula is C30H29N3O3. The van der Waals surface area contributed by atoms with Gasteiger partial charge in [0, 0.05) is 66.7 Å². The highest BCUT2D eigenvalue weighted by Crippen LogP contribution is 2.26. The fraction of sp³-hybridized carbons (Fsp3) is 0.233. The van der Waals surface area contributed by atoms with Crippen LogP contribution >= 0.6 is 0 Å². The monoisotopic (exact) mass is 479 g/mol. The summed E-state index contributed by atoms with van der Waals surface area (Å²) in [5.74, 6) is -0.0309. The van der Waals surface area contributed by atoms with Crippen molar-refractivity contribution in [2.45, 2.75) is 32.4 Å². The molecule has 5 rings (SSSR count). The van der Waals surface area contributed by atoms with Gasteiger partial charge in [-0.05, 0) is 30.2 Å². The minimum Gasteiger partial charge on any atom is -0.355 e. The van der Waals surface area contributed by atoms with E-state index in [1.807, 2.05) is 94.5 Å². The molecule has 36 heavy (non-hydrogen) atoms. The number of hydrogen-bond acceptors (Lipinski definition) is 3. The molecule has 0 fully saturated rings. The topological polar surface area (TPSA) is 71.4 Å². The van der Waals surface area contributed by atoms with E-state index < -0.39 is 0 Å². The van der Waals surface area contributed by atoms with Gasteiger partial charge in [0.2, 0.25) is 5.91 Å². The minimum absolute atomic E-state index is 0.0127. The number of aryl methyl sites for hydroxylation is 1. The quantitative estimate of drug-likeness (QED) is 0.351. The van der Waals surface area contributed by atoms with Crippen LogP contribution in [0, 0.1) is 0 Å². The lowest BCUT2D eigenvalue weighted by Crippen LogP contribution is -2.36. The molecule has 2 heterocycles. The van der Waals surface area contributed by atoms with E-state index in [9.17, 15) is 14.4 Å². The van der Waals surface area contributed by atoms with Gasteiger partial charge in [-0.15, -0.1) is 0 Å². The number of Topliss-reactive ketones (excluding diaryl/α,β-unsaturated/α-hetero) is 1. The molecule has 1 atom stereocenters. The summed E-state index contributed by atoms with van der Waals surface area (Å²) < 4.78 is 1.97. The first-order chi connectivity index (χ1) is 17.5. The number of amides is 2. The third-order valence-electron chi connectivity index (χ3n) is 6.90. The smallest absolute Gasteiger partial charge is 0.254 e. The van der Waals surface area contributed by atoms with Crippen molar-refractivity contribution in [3.63, 3.8) is 0 Å². The second-order valence-electron chi connectivity index (χ2n) is 9.31. The first-order valence-electron chi connectivity index (χ1n) is 12.3. The van der Waals surface area contributed by atoms with Crippen LogP contribution in [-0.4, -0.2) is 40.2 Å². The Balaban J connectivity index is 1.24. The van der Waals surface area contributed by atoms with Gasteiger partial charge in [0.05, 0.1) is 0 Å². The molecule has 6 heteroatoms. The largest absolute Gasteiger partial charge is 0.355 e. The van der Waals surface area contributed by atoms with Crippen molar-refractivity contribution in [2.24, 2.45) is 0 Å². The molecule has 0 saturated carbocycles. The molecule has 4 aromatic rings. The molecule has 3 aromatic carbocycles. The standard InChI is InChI=1S/C30H29N3O3/c1-21(34)27-20-32(28-14-8-7-13-26(27)28)16-15-29(35)31-17-24(22-9-3-2-4-10-22)19-33-18-23-11-5-6-12-25(23)30(33)36/h2-14,20,24H,15-19H2,1H3,(H,31,35). The van der Waals surface area contributed by atoms with E-state index in [-0.39, 0.29) is 23.5 Å². The maximum atomic E-state index is 12.9. The van der Waals surface area contributed by atoms with Crippen molar-refractivity contribution in [2.75, 3.05) is 13.1 Å². The van der Waals surface area contributed by atoms with Crippen molar-refractivity contribution in [3.05, 3.63) is 107 Å². The van der Waals surface area contributed by atoms with Crippen LogP contribution in [0.5, 0.6) is 0 Å². The Hall–Kier alpha value is -4.19. The molecule has 1 aliphatic heterocycles. The van der Waals surface area contributed by atoms with Crippen LogP contribution in [0.4, 0.5) is 0 Å².